The summed E-state index contributed by atoms with van der Waals surface area (Å²) in [5.41, 5.74) is 0. The van der Waals surface area contributed by atoms with Gasteiger partial charge in [-0.15, -0.1) is 0 Å². The molecule has 0 aromatic heterocycles. The monoisotopic (exact) mass is 278 g/mol. The van der Waals surface area contributed by atoms with Gasteiger partial charge in [-0.25, -0.2) is 0 Å². The molecular formula is C16H26N2O2. The predicted octanol–water partition coefficient (Wildman–Crippen LogP) is 2.32. The predicted molar refractivity (Wildman–Crippen MR) is 77.2 cm³/mol. The molecule has 3 heterocycles. The van der Waals surface area contributed by atoms with E-state index in [1.165, 1.54) is 25.7 Å². The van der Waals surface area contributed by atoms with Crippen molar-refractivity contribution in [2.24, 2.45) is 0 Å². The molecule has 2 atom stereocenters. The molecule has 3 aliphatic heterocycles. The number of piperazine rings is 1. The fourth-order valence-electron chi connectivity index (χ4n) is 3.99. The Hall–Kier alpha value is -1.06. The second-order valence-corrected chi connectivity index (χ2v) is 6.50. The molecule has 0 radical (unpaired) electrons. The van der Waals surface area contributed by atoms with E-state index < -0.39 is 0 Å². The largest absolute Gasteiger partial charge is 0.329 e. The van der Waals surface area contributed by atoms with Gasteiger partial charge in [0.05, 0.1) is 0 Å². The van der Waals surface area contributed by atoms with Gasteiger partial charge in [0.2, 0.25) is 11.8 Å². The average Bonchev–Trinajstić information content (AvgIpc) is 2.36. The van der Waals surface area contributed by atoms with E-state index in [-0.39, 0.29) is 23.9 Å². The first-order valence-corrected chi connectivity index (χ1v) is 8.40. The van der Waals surface area contributed by atoms with Gasteiger partial charge < -0.3 is 9.80 Å². The van der Waals surface area contributed by atoms with Crippen LogP contribution in [0, 0.1) is 0 Å². The summed E-state index contributed by atoms with van der Waals surface area (Å²) in [7, 11) is 0. The molecule has 3 aliphatic rings. The third kappa shape index (κ3) is 2.57. The highest BCUT2D eigenvalue weighted by Crippen LogP contribution is 2.29. The van der Waals surface area contributed by atoms with Gasteiger partial charge in [-0.2, -0.15) is 0 Å². The van der Waals surface area contributed by atoms with Crippen molar-refractivity contribution in [3.8, 4) is 0 Å². The molecule has 0 bridgehead atoms. The van der Waals surface area contributed by atoms with Crippen LogP contribution >= 0.6 is 0 Å². The normalized spacial score (nSPS) is 32.6. The summed E-state index contributed by atoms with van der Waals surface area (Å²) < 4.78 is 0. The molecule has 0 aliphatic carbocycles. The van der Waals surface area contributed by atoms with Gasteiger partial charge in [-0.05, 0) is 25.7 Å². The molecule has 3 saturated heterocycles. The van der Waals surface area contributed by atoms with Gasteiger partial charge in [0.25, 0.3) is 0 Å². The zero-order valence-corrected chi connectivity index (χ0v) is 12.4. The highest BCUT2D eigenvalue weighted by molar-refractivity contribution is 5.97. The smallest absolute Gasteiger partial charge is 0.246 e. The minimum atomic E-state index is -0.154. The fraction of sp³-hybridized carbons (Fsp3) is 0.875. The lowest BCUT2D eigenvalue weighted by atomic mass is 9.92. The number of nitrogens with zero attached hydrogens (tertiary/aromatic N) is 2. The topological polar surface area (TPSA) is 40.6 Å². The van der Waals surface area contributed by atoms with Crippen molar-refractivity contribution in [3.05, 3.63) is 0 Å². The van der Waals surface area contributed by atoms with Crippen LogP contribution in [-0.4, -0.2) is 46.8 Å². The Kier molecular flexibility index (Phi) is 4.27. The lowest BCUT2D eigenvalue weighted by Crippen LogP contribution is -2.65. The summed E-state index contributed by atoms with van der Waals surface area (Å²) in [6.07, 6.45) is 10.8. The van der Waals surface area contributed by atoms with Crippen LogP contribution in [0.3, 0.4) is 0 Å². The first kappa shape index (κ1) is 13.9. The number of carbonyl (C=O) groups is 2. The molecule has 0 spiro atoms. The molecule has 112 valence electrons. The molecule has 20 heavy (non-hydrogen) atoms. The van der Waals surface area contributed by atoms with Crippen LogP contribution in [0.1, 0.15) is 64.2 Å². The number of fused-ring (bicyclic) bond motifs is 2. The second kappa shape index (κ2) is 6.15. The second-order valence-electron chi connectivity index (χ2n) is 6.50. The fourth-order valence-corrected chi connectivity index (χ4v) is 3.99. The maximum Gasteiger partial charge on any atom is 0.246 e. The number of hydrogen-bond acceptors (Lipinski definition) is 2. The van der Waals surface area contributed by atoms with Crippen molar-refractivity contribution in [1.82, 2.24) is 9.80 Å². The van der Waals surface area contributed by atoms with Crippen LogP contribution in [0.4, 0.5) is 0 Å². The molecule has 4 heteroatoms. The van der Waals surface area contributed by atoms with Crippen molar-refractivity contribution >= 4 is 11.8 Å². The van der Waals surface area contributed by atoms with Crippen LogP contribution in [0.5, 0.6) is 0 Å². The zero-order chi connectivity index (χ0) is 13.9. The summed E-state index contributed by atoms with van der Waals surface area (Å²) in [6.45, 7) is 1.58. The molecule has 4 nitrogen and oxygen atoms in total. The number of carbonyl (C=O) groups excluding carboxylic acids is 2. The molecule has 0 aromatic carbocycles. The van der Waals surface area contributed by atoms with Crippen molar-refractivity contribution < 1.29 is 9.59 Å². The molecule has 0 unspecified atom stereocenters. The Bertz CT molecular complexity index is 315. The quantitative estimate of drug-likeness (QED) is 0.682. The number of amides is 2. The van der Waals surface area contributed by atoms with E-state index >= 15 is 0 Å². The number of hydrogen-bond donors (Lipinski definition) is 0. The number of rotatable bonds is 0. The van der Waals surface area contributed by atoms with E-state index in [1.807, 2.05) is 9.80 Å². The Labute approximate surface area is 121 Å². The van der Waals surface area contributed by atoms with Gasteiger partial charge in [0.1, 0.15) is 12.1 Å². The van der Waals surface area contributed by atoms with Gasteiger partial charge in [0.15, 0.2) is 0 Å². The van der Waals surface area contributed by atoms with Crippen molar-refractivity contribution in [2.45, 2.75) is 76.3 Å². The first-order chi connectivity index (χ1) is 9.79. The van der Waals surface area contributed by atoms with Gasteiger partial charge in [0, 0.05) is 13.1 Å². The van der Waals surface area contributed by atoms with E-state index in [9.17, 15) is 9.59 Å². The van der Waals surface area contributed by atoms with Crippen LogP contribution in [0.25, 0.3) is 0 Å². The molecule has 2 amide bonds. The third-order valence-corrected chi connectivity index (χ3v) is 5.14. The lowest BCUT2D eigenvalue weighted by Gasteiger charge is -2.46. The Morgan fingerprint density at radius 3 is 1.45 bits per heavy atom. The lowest BCUT2D eigenvalue weighted by molar-refractivity contribution is -0.163. The highest BCUT2D eigenvalue weighted by atomic mass is 16.2. The van der Waals surface area contributed by atoms with Gasteiger partial charge in [-0.1, -0.05) is 38.5 Å². The summed E-state index contributed by atoms with van der Waals surface area (Å²) in [4.78, 5) is 29.4. The first-order valence-electron chi connectivity index (χ1n) is 8.40. The Morgan fingerprint density at radius 2 is 1.00 bits per heavy atom. The average molecular weight is 278 g/mol. The van der Waals surface area contributed by atoms with Crippen molar-refractivity contribution in [2.75, 3.05) is 13.1 Å². The van der Waals surface area contributed by atoms with Gasteiger partial charge >= 0.3 is 0 Å². The molecule has 3 rings (SSSR count). The van der Waals surface area contributed by atoms with Crippen LogP contribution < -0.4 is 0 Å². The van der Waals surface area contributed by atoms with E-state index in [1.54, 1.807) is 0 Å². The Balaban J connectivity index is 1.83. The maximum atomic E-state index is 12.8. The van der Waals surface area contributed by atoms with Crippen LogP contribution in [0.15, 0.2) is 0 Å². The molecule has 3 fully saturated rings. The minimum Gasteiger partial charge on any atom is -0.329 e. The highest BCUT2D eigenvalue weighted by Gasteiger charge is 2.45. The summed E-state index contributed by atoms with van der Waals surface area (Å²) >= 11 is 0. The molecule has 0 saturated carbocycles. The SMILES string of the molecule is O=C1[C@@H]2CCCCCCN2C(=O)[C@H]2CCCCCCN12. The van der Waals surface area contributed by atoms with Crippen molar-refractivity contribution in [3.63, 3.8) is 0 Å². The van der Waals surface area contributed by atoms with E-state index in [2.05, 4.69) is 0 Å². The minimum absolute atomic E-state index is 0.154. The zero-order valence-electron chi connectivity index (χ0n) is 12.4. The third-order valence-electron chi connectivity index (χ3n) is 5.14. The van der Waals surface area contributed by atoms with E-state index in [4.69, 9.17) is 0 Å². The van der Waals surface area contributed by atoms with E-state index in [0.717, 1.165) is 51.6 Å². The van der Waals surface area contributed by atoms with E-state index in [0.29, 0.717) is 0 Å². The van der Waals surface area contributed by atoms with Gasteiger partial charge in [-0.3, -0.25) is 9.59 Å². The maximum absolute atomic E-state index is 12.8. The molecule has 0 N–H and O–H groups in total. The van der Waals surface area contributed by atoms with Crippen LogP contribution in [0.2, 0.25) is 0 Å². The van der Waals surface area contributed by atoms with Crippen molar-refractivity contribution in [1.29, 1.82) is 0 Å². The summed E-state index contributed by atoms with van der Waals surface area (Å²) in [5, 5.41) is 0. The Morgan fingerprint density at radius 1 is 0.600 bits per heavy atom. The molecule has 0 aromatic rings. The standard InChI is InChI=1S/C16H26N2O2/c19-15-13-9-5-1-3-7-11-17(13)16(20)14-10-6-2-4-8-12-18(14)15/h13-14H,1-12H2/t13-,14+. The van der Waals surface area contributed by atoms with Crippen LogP contribution in [-0.2, 0) is 9.59 Å². The summed E-state index contributed by atoms with van der Waals surface area (Å²) in [5.74, 6) is 0.469. The molecular weight excluding hydrogens is 252 g/mol. The summed E-state index contributed by atoms with van der Waals surface area (Å²) in [6, 6.07) is -0.308.